The van der Waals surface area contributed by atoms with Crippen LogP contribution in [-0.2, 0) is 11.3 Å². The number of carbonyl (C=O) groups is 1. The van der Waals surface area contributed by atoms with Crippen LogP contribution in [0.4, 0.5) is 5.82 Å². The molecule has 4 heterocycles. The number of anilines is 1. The topological polar surface area (TPSA) is 93.1 Å². The Bertz CT molecular complexity index is 1600. The molecule has 1 saturated heterocycles. The lowest BCUT2D eigenvalue weighted by atomic mass is 9.99. The standard InChI is InChI=1S/C32H28N6O2/c39-32(38-16-18-40-19-17-38)25-11-6-10-24(20-25)26-12-7-15-34-30(26)28-21-29(35-22-23-8-2-1-3-9-23)37-31(36-28)27-13-4-5-14-33-27/h1-15,20-21H,16-19,22H2,(H,35,36,37). The molecule has 0 radical (unpaired) electrons. The Balaban J connectivity index is 1.38. The van der Waals surface area contributed by atoms with Crippen molar-refractivity contribution in [3.8, 4) is 34.0 Å². The van der Waals surface area contributed by atoms with Gasteiger partial charge in [0.25, 0.3) is 5.91 Å². The van der Waals surface area contributed by atoms with E-state index in [4.69, 9.17) is 19.7 Å². The van der Waals surface area contributed by atoms with Crippen molar-refractivity contribution in [2.75, 3.05) is 31.6 Å². The average molecular weight is 529 g/mol. The number of nitrogens with zero attached hydrogens (tertiary/aromatic N) is 5. The molecule has 3 aromatic heterocycles. The zero-order valence-corrected chi connectivity index (χ0v) is 21.9. The van der Waals surface area contributed by atoms with E-state index in [0.29, 0.717) is 67.1 Å². The van der Waals surface area contributed by atoms with E-state index in [9.17, 15) is 4.79 Å². The minimum absolute atomic E-state index is 0.00228. The van der Waals surface area contributed by atoms with Crippen LogP contribution >= 0.6 is 0 Å². The van der Waals surface area contributed by atoms with E-state index in [0.717, 1.165) is 16.7 Å². The molecule has 5 aromatic rings. The molecule has 1 amide bonds. The third-order valence-electron chi connectivity index (χ3n) is 6.71. The van der Waals surface area contributed by atoms with Gasteiger partial charge in [0.05, 0.1) is 24.6 Å². The zero-order valence-electron chi connectivity index (χ0n) is 21.9. The van der Waals surface area contributed by atoms with Gasteiger partial charge in [-0.1, -0.05) is 54.6 Å². The first kappa shape index (κ1) is 25.3. The van der Waals surface area contributed by atoms with E-state index < -0.39 is 0 Å². The van der Waals surface area contributed by atoms with Crippen molar-refractivity contribution in [1.29, 1.82) is 0 Å². The summed E-state index contributed by atoms with van der Waals surface area (Å²) in [6.07, 6.45) is 3.48. The third kappa shape index (κ3) is 5.72. The molecule has 0 unspecified atom stereocenters. The number of hydrogen-bond acceptors (Lipinski definition) is 7. The summed E-state index contributed by atoms with van der Waals surface area (Å²) in [6, 6.07) is 29.3. The van der Waals surface area contributed by atoms with Gasteiger partial charge in [0.2, 0.25) is 0 Å². The monoisotopic (exact) mass is 528 g/mol. The van der Waals surface area contributed by atoms with Crippen LogP contribution in [0.2, 0.25) is 0 Å². The fourth-order valence-corrected chi connectivity index (χ4v) is 4.67. The predicted molar refractivity (Wildman–Crippen MR) is 154 cm³/mol. The van der Waals surface area contributed by atoms with E-state index in [1.807, 2.05) is 83.8 Å². The zero-order chi connectivity index (χ0) is 27.1. The van der Waals surface area contributed by atoms with Crippen molar-refractivity contribution >= 4 is 11.7 Å². The maximum absolute atomic E-state index is 13.2. The molecule has 198 valence electrons. The quantitative estimate of drug-likeness (QED) is 0.304. The second-order valence-electron chi connectivity index (χ2n) is 9.40. The maximum Gasteiger partial charge on any atom is 0.254 e. The molecule has 40 heavy (non-hydrogen) atoms. The highest BCUT2D eigenvalue weighted by molar-refractivity contribution is 5.96. The van der Waals surface area contributed by atoms with Crippen molar-refractivity contribution in [1.82, 2.24) is 24.8 Å². The van der Waals surface area contributed by atoms with Crippen molar-refractivity contribution in [2.45, 2.75) is 6.54 Å². The van der Waals surface area contributed by atoms with Gasteiger partial charge in [0.1, 0.15) is 11.5 Å². The smallest absolute Gasteiger partial charge is 0.254 e. The molecule has 0 saturated carbocycles. The molecular formula is C32H28N6O2. The minimum Gasteiger partial charge on any atom is -0.378 e. The summed E-state index contributed by atoms with van der Waals surface area (Å²) in [7, 11) is 0. The number of carbonyl (C=O) groups excluding carboxylic acids is 1. The maximum atomic E-state index is 13.2. The molecule has 0 atom stereocenters. The van der Waals surface area contributed by atoms with E-state index in [1.54, 1.807) is 12.4 Å². The second kappa shape index (κ2) is 11.8. The summed E-state index contributed by atoms with van der Waals surface area (Å²) in [4.78, 5) is 33.9. The van der Waals surface area contributed by atoms with Crippen LogP contribution in [0, 0.1) is 0 Å². The molecule has 0 aliphatic carbocycles. The lowest BCUT2D eigenvalue weighted by Crippen LogP contribution is -2.40. The molecule has 0 bridgehead atoms. The molecule has 0 spiro atoms. The van der Waals surface area contributed by atoms with Gasteiger partial charge in [-0.25, -0.2) is 9.97 Å². The van der Waals surface area contributed by atoms with Crippen molar-refractivity contribution in [3.63, 3.8) is 0 Å². The van der Waals surface area contributed by atoms with Crippen LogP contribution < -0.4 is 5.32 Å². The SMILES string of the molecule is O=C(c1cccc(-c2cccnc2-c2cc(NCc3ccccc3)nc(-c3ccccn3)n2)c1)N1CCOCC1. The number of morpholine rings is 1. The first-order valence-corrected chi connectivity index (χ1v) is 13.3. The fourth-order valence-electron chi connectivity index (χ4n) is 4.67. The number of aromatic nitrogens is 4. The summed E-state index contributed by atoms with van der Waals surface area (Å²) in [5.41, 5.74) is 5.56. The van der Waals surface area contributed by atoms with E-state index >= 15 is 0 Å². The highest BCUT2D eigenvalue weighted by Gasteiger charge is 2.20. The number of rotatable bonds is 7. The Morgan fingerprint density at radius 3 is 2.45 bits per heavy atom. The van der Waals surface area contributed by atoms with E-state index in [2.05, 4.69) is 22.4 Å². The molecule has 8 nitrogen and oxygen atoms in total. The molecule has 8 heteroatoms. The Morgan fingerprint density at radius 1 is 0.800 bits per heavy atom. The molecule has 6 rings (SSSR count). The minimum atomic E-state index is 0.00228. The fraction of sp³-hybridized carbons (Fsp3) is 0.156. The van der Waals surface area contributed by atoms with Gasteiger partial charge >= 0.3 is 0 Å². The Morgan fingerprint density at radius 2 is 1.62 bits per heavy atom. The van der Waals surface area contributed by atoms with Gasteiger partial charge < -0.3 is 15.0 Å². The third-order valence-corrected chi connectivity index (χ3v) is 6.71. The van der Waals surface area contributed by atoms with Gasteiger partial charge in [-0.2, -0.15) is 0 Å². The van der Waals surface area contributed by atoms with Gasteiger partial charge in [0.15, 0.2) is 5.82 Å². The Labute approximate surface area is 232 Å². The molecule has 1 aliphatic rings. The van der Waals surface area contributed by atoms with Crippen LogP contribution in [0.3, 0.4) is 0 Å². The number of benzene rings is 2. The van der Waals surface area contributed by atoms with Crippen LogP contribution in [-0.4, -0.2) is 57.0 Å². The number of amides is 1. The molecule has 2 aromatic carbocycles. The number of pyridine rings is 2. The van der Waals surface area contributed by atoms with Crippen LogP contribution in [0.15, 0.2) is 103 Å². The largest absolute Gasteiger partial charge is 0.378 e. The van der Waals surface area contributed by atoms with Gasteiger partial charge in [-0.3, -0.25) is 14.8 Å². The lowest BCUT2D eigenvalue weighted by Gasteiger charge is -2.27. The van der Waals surface area contributed by atoms with Crippen molar-refractivity contribution in [2.24, 2.45) is 0 Å². The van der Waals surface area contributed by atoms with Gasteiger partial charge in [0, 0.05) is 49.2 Å². The molecule has 1 N–H and O–H groups in total. The summed E-state index contributed by atoms with van der Waals surface area (Å²) in [5.74, 6) is 1.17. The highest BCUT2D eigenvalue weighted by atomic mass is 16.5. The number of ether oxygens (including phenoxy) is 1. The van der Waals surface area contributed by atoms with E-state index in [-0.39, 0.29) is 5.91 Å². The normalized spacial score (nSPS) is 13.2. The van der Waals surface area contributed by atoms with Crippen molar-refractivity contribution in [3.05, 3.63) is 115 Å². The summed E-state index contributed by atoms with van der Waals surface area (Å²) in [6.45, 7) is 2.92. The number of nitrogens with one attached hydrogen (secondary N) is 1. The first-order valence-electron chi connectivity index (χ1n) is 13.3. The van der Waals surface area contributed by atoms with Crippen LogP contribution in [0.25, 0.3) is 34.0 Å². The van der Waals surface area contributed by atoms with Gasteiger partial charge in [-0.15, -0.1) is 0 Å². The number of hydrogen-bond donors (Lipinski definition) is 1. The van der Waals surface area contributed by atoms with E-state index in [1.165, 1.54) is 0 Å². The molecule has 1 fully saturated rings. The summed E-state index contributed by atoms with van der Waals surface area (Å²) < 4.78 is 5.41. The van der Waals surface area contributed by atoms with Gasteiger partial charge in [-0.05, 0) is 41.5 Å². The Hall–Kier alpha value is -4.95. The molecular weight excluding hydrogens is 500 g/mol. The summed E-state index contributed by atoms with van der Waals surface area (Å²) in [5, 5.41) is 3.43. The van der Waals surface area contributed by atoms with Crippen LogP contribution in [0.5, 0.6) is 0 Å². The van der Waals surface area contributed by atoms with Crippen molar-refractivity contribution < 1.29 is 9.53 Å². The Kier molecular flexibility index (Phi) is 7.50. The molecule has 1 aliphatic heterocycles. The predicted octanol–water partition coefficient (Wildman–Crippen LogP) is 5.35. The highest BCUT2D eigenvalue weighted by Crippen LogP contribution is 2.32. The average Bonchev–Trinajstić information content (AvgIpc) is 3.04. The second-order valence-corrected chi connectivity index (χ2v) is 9.40. The lowest BCUT2D eigenvalue weighted by molar-refractivity contribution is 0.0303. The first-order chi connectivity index (χ1) is 19.7. The van der Waals surface area contributed by atoms with Crippen LogP contribution in [0.1, 0.15) is 15.9 Å². The summed E-state index contributed by atoms with van der Waals surface area (Å²) >= 11 is 0.